The predicted molar refractivity (Wildman–Crippen MR) is 77.4 cm³/mol. The Balaban J connectivity index is 2.15. The molecule has 0 spiro atoms. The van der Waals surface area contributed by atoms with Crippen LogP contribution in [0.4, 0.5) is 4.79 Å². The van der Waals surface area contributed by atoms with E-state index >= 15 is 0 Å². The molecule has 0 aromatic heterocycles. The Labute approximate surface area is 121 Å². The second-order valence-electron chi connectivity index (χ2n) is 7.61. The number of amides is 1. The summed E-state index contributed by atoms with van der Waals surface area (Å²) < 4.78 is 11.3. The van der Waals surface area contributed by atoms with Gasteiger partial charge in [-0.05, 0) is 33.1 Å². The van der Waals surface area contributed by atoms with E-state index in [1.54, 1.807) is 0 Å². The van der Waals surface area contributed by atoms with Gasteiger partial charge in [0.2, 0.25) is 0 Å². The number of nitrogens with two attached hydrogens (primary N) is 1. The molecule has 5 heteroatoms. The Morgan fingerprint density at radius 1 is 1.40 bits per heavy atom. The second-order valence-corrected chi connectivity index (χ2v) is 7.61. The maximum Gasteiger partial charge on any atom is 0.410 e. The quantitative estimate of drug-likeness (QED) is 0.800. The number of morpholine rings is 1. The molecule has 5 nitrogen and oxygen atoms in total. The first-order valence-electron chi connectivity index (χ1n) is 7.42. The normalized spacial score (nSPS) is 36.6. The first-order chi connectivity index (χ1) is 9.05. The minimum Gasteiger partial charge on any atom is -0.444 e. The number of carbonyl (C=O) groups excluding carboxylic acids is 1. The standard InChI is InChI=1S/C15H28N2O3/c1-9-11(10-12(16)15(10,5)6)17(7-8-19-9)13(18)20-14(2,3)4/h9-12H,7-8,16H2,1-6H3/t9-,10+,11?,12+/m1/s1. The highest BCUT2D eigenvalue weighted by molar-refractivity contribution is 5.69. The Morgan fingerprint density at radius 3 is 2.40 bits per heavy atom. The fourth-order valence-electron chi connectivity index (χ4n) is 3.23. The van der Waals surface area contributed by atoms with Crippen LogP contribution in [0.5, 0.6) is 0 Å². The summed E-state index contributed by atoms with van der Waals surface area (Å²) in [6, 6.07) is 0.116. The molecule has 0 aromatic carbocycles. The van der Waals surface area contributed by atoms with Crippen LogP contribution in [0.1, 0.15) is 41.5 Å². The Kier molecular flexibility index (Phi) is 3.80. The molecule has 2 N–H and O–H groups in total. The summed E-state index contributed by atoms with van der Waals surface area (Å²) in [7, 11) is 0. The van der Waals surface area contributed by atoms with Gasteiger partial charge < -0.3 is 15.2 Å². The third-order valence-corrected chi connectivity index (χ3v) is 4.55. The van der Waals surface area contributed by atoms with Crippen molar-refractivity contribution >= 4 is 6.09 Å². The summed E-state index contributed by atoms with van der Waals surface area (Å²) in [5.41, 5.74) is 5.77. The Morgan fingerprint density at radius 2 is 1.95 bits per heavy atom. The monoisotopic (exact) mass is 284 g/mol. The summed E-state index contributed by atoms with van der Waals surface area (Å²) in [5.74, 6) is 0.269. The predicted octanol–water partition coefficient (Wildman–Crippen LogP) is 1.99. The molecule has 1 unspecified atom stereocenters. The molecule has 0 radical (unpaired) electrons. The van der Waals surface area contributed by atoms with Gasteiger partial charge in [-0.25, -0.2) is 4.79 Å². The number of nitrogens with zero attached hydrogens (tertiary/aromatic N) is 1. The van der Waals surface area contributed by atoms with Gasteiger partial charge in [-0.15, -0.1) is 0 Å². The van der Waals surface area contributed by atoms with Gasteiger partial charge in [0.1, 0.15) is 5.60 Å². The summed E-state index contributed by atoms with van der Waals surface area (Å²) >= 11 is 0. The minimum atomic E-state index is -0.482. The van der Waals surface area contributed by atoms with Gasteiger partial charge in [0.25, 0.3) is 0 Å². The summed E-state index contributed by atoms with van der Waals surface area (Å²) in [4.78, 5) is 14.2. The fourth-order valence-corrected chi connectivity index (χ4v) is 3.23. The molecular weight excluding hydrogens is 256 g/mol. The fraction of sp³-hybridized carbons (Fsp3) is 0.933. The first kappa shape index (κ1) is 15.6. The van der Waals surface area contributed by atoms with E-state index < -0.39 is 5.60 Å². The lowest BCUT2D eigenvalue weighted by Gasteiger charge is -2.41. The van der Waals surface area contributed by atoms with E-state index in [0.717, 1.165) is 0 Å². The highest BCUT2D eigenvalue weighted by Crippen LogP contribution is 2.54. The lowest BCUT2D eigenvalue weighted by molar-refractivity contribution is -0.0774. The molecule has 2 rings (SSSR count). The van der Waals surface area contributed by atoms with E-state index in [1.807, 2.05) is 32.6 Å². The van der Waals surface area contributed by atoms with Crippen molar-refractivity contribution in [1.82, 2.24) is 4.90 Å². The third-order valence-electron chi connectivity index (χ3n) is 4.55. The van der Waals surface area contributed by atoms with Gasteiger partial charge in [-0.3, -0.25) is 4.90 Å². The lowest BCUT2D eigenvalue weighted by Crippen LogP contribution is -2.56. The van der Waals surface area contributed by atoms with Crippen molar-refractivity contribution in [2.75, 3.05) is 13.2 Å². The maximum atomic E-state index is 12.4. The van der Waals surface area contributed by atoms with Crippen LogP contribution in [0.15, 0.2) is 0 Å². The molecule has 4 atom stereocenters. The Hall–Kier alpha value is -0.810. The zero-order valence-corrected chi connectivity index (χ0v) is 13.5. The zero-order valence-electron chi connectivity index (χ0n) is 13.5. The van der Waals surface area contributed by atoms with Gasteiger partial charge in [0.15, 0.2) is 0 Å². The van der Waals surface area contributed by atoms with Crippen molar-refractivity contribution in [2.24, 2.45) is 17.1 Å². The Bertz CT molecular complexity index is 389. The summed E-state index contributed by atoms with van der Waals surface area (Å²) in [6.45, 7) is 13.1. The van der Waals surface area contributed by atoms with Crippen molar-refractivity contribution in [3.63, 3.8) is 0 Å². The highest BCUT2D eigenvalue weighted by atomic mass is 16.6. The molecule has 1 amide bonds. The lowest BCUT2D eigenvalue weighted by atomic mass is 9.97. The van der Waals surface area contributed by atoms with Crippen LogP contribution in [0, 0.1) is 11.3 Å². The molecule has 0 aromatic rings. The molecule has 1 saturated carbocycles. The molecule has 0 bridgehead atoms. The van der Waals surface area contributed by atoms with Crippen molar-refractivity contribution in [3.05, 3.63) is 0 Å². The van der Waals surface area contributed by atoms with Gasteiger partial charge in [0, 0.05) is 18.5 Å². The van der Waals surface area contributed by atoms with Gasteiger partial charge in [-0.1, -0.05) is 13.8 Å². The molecule has 116 valence electrons. The second kappa shape index (κ2) is 4.88. The average molecular weight is 284 g/mol. The van der Waals surface area contributed by atoms with E-state index in [2.05, 4.69) is 13.8 Å². The maximum absolute atomic E-state index is 12.4. The van der Waals surface area contributed by atoms with Crippen LogP contribution in [0.2, 0.25) is 0 Å². The molecular formula is C15H28N2O3. The van der Waals surface area contributed by atoms with Crippen LogP contribution < -0.4 is 5.73 Å². The number of ether oxygens (including phenoxy) is 2. The van der Waals surface area contributed by atoms with Crippen molar-refractivity contribution < 1.29 is 14.3 Å². The van der Waals surface area contributed by atoms with E-state index in [-0.39, 0.29) is 35.6 Å². The van der Waals surface area contributed by atoms with Crippen LogP contribution in [-0.2, 0) is 9.47 Å². The first-order valence-corrected chi connectivity index (χ1v) is 7.42. The molecule has 1 saturated heterocycles. The number of hydrogen-bond acceptors (Lipinski definition) is 4. The SMILES string of the molecule is C[C@H]1OCCN(C(=O)OC(C)(C)C)C1[C@H]1[C@H](N)C1(C)C. The van der Waals surface area contributed by atoms with Crippen LogP contribution in [0.3, 0.4) is 0 Å². The van der Waals surface area contributed by atoms with E-state index in [9.17, 15) is 4.79 Å². The molecule has 1 aliphatic carbocycles. The van der Waals surface area contributed by atoms with Crippen LogP contribution in [0.25, 0.3) is 0 Å². The minimum absolute atomic E-state index is 0.00333. The van der Waals surface area contributed by atoms with Gasteiger partial charge in [-0.2, -0.15) is 0 Å². The van der Waals surface area contributed by atoms with Crippen LogP contribution >= 0.6 is 0 Å². The van der Waals surface area contributed by atoms with E-state index in [0.29, 0.717) is 13.2 Å². The zero-order chi connectivity index (χ0) is 15.3. The molecule has 1 aliphatic heterocycles. The smallest absolute Gasteiger partial charge is 0.410 e. The average Bonchev–Trinajstić information content (AvgIpc) is 2.76. The number of hydrogen-bond donors (Lipinski definition) is 1. The molecule has 20 heavy (non-hydrogen) atoms. The third kappa shape index (κ3) is 2.79. The number of carbonyl (C=O) groups is 1. The van der Waals surface area contributed by atoms with Crippen LogP contribution in [-0.4, -0.2) is 47.9 Å². The van der Waals surface area contributed by atoms with Gasteiger partial charge >= 0.3 is 6.09 Å². The topological polar surface area (TPSA) is 64.8 Å². The van der Waals surface area contributed by atoms with Crippen molar-refractivity contribution in [3.8, 4) is 0 Å². The summed E-state index contributed by atoms with van der Waals surface area (Å²) in [6.07, 6.45) is -0.262. The molecule has 2 fully saturated rings. The largest absolute Gasteiger partial charge is 0.444 e. The van der Waals surface area contributed by atoms with Crippen molar-refractivity contribution in [1.29, 1.82) is 0 Å². The highest BCUT2D eigenvalue weighted by Gasteiger charge is 2.62. The van der Waals surface area contributed by atoms with E-state index in [1.165, 1.54) is 0 Å². The molecule has 2 aliphatic rings. The summed E-state index contributed by atoms with van der Waals surface area (Å²) in [5, 5.41) is 0. The van der Waals surface area contributed by atoms with Crippen molar-refractivity contribution in [2.45, 2.75) is 65.3 Å². The van der Waals surface area contributed by atoms with Gasteiger partial charge in [0.05, 0.1) is 18.8 Å². The van der Waals surface area contributed by atoms with E-state index in [4.69, 9.17) is 15.2 Å². The number of rotatable bonds is 1. The molecule has 1 heterocycles.